The smallest absolute Gasteiger partial charge is 0.308 e. The Morgan fingerprint density at radius 3 is 2.64 bits per heavy atom. The van der Waals surface area contributed by atoms with Crippen molar-refractivity contribution in [2.24, 2.45) is 5.92 Å². The number of ether oxygens (including phenoxy) is 1. The summed E-state index contributed by atoms with van der Waals surface area (Å²) in [6.07, 6.45) is 2.04. The summed E-state index contributed by atoms with van der Waals surface area (Å²) >= 11 is 0. The van der Waals surface area contributed by atoms with Gasteiger partial charge in [0, 0.05) is 0 Å². The summed E-state index contributed by atoms with van der Waals surface area (Å²) in [6.45, 7) is 3.68. The van der Waals surface area contributed by atoms with E-state index in [0.29, 0.717) is 0 Å². The fourth-order valence-corrected chi connectivity index (χ4v) is 1.36. The molecule has 0 saturated carbocycles. The van der Waals surface area contributed by atoms with Gasteiger partial charge in [0.25, 0.3) is 0 Å². The first-order valence-corrected chi connectivity index (χ1v) is 3.99. The summed E-state index contributed by atoms with van der Waals surface area (Å²) in [7, 11) is 0. The van der Waals surface area contributed by atoms with Crippen LogP contribution in [0.1, 0.15) is 26.7 Å². The van der Waals surface area contributed by atoms with Gasteiger partial charge in [0.2, 0.25) is 0 Å². The number of carboxylic acid groups (broad SMARTS) is 1. The van der Waals surface area contributed by atoms with Gasteiger partial charge in [0.05, 0.1) is 18.1 Å². The van der Waals surface area contributed by atoms with Crippen molar-refractivity contribution in [3.05, 3.63) is 0 Å². The second-order valence-electron chi connectivity index (χ2n) is 3.19. The van der Waals surface area contributed by atoms with Gasteiger partial charge >= 0.3 is 5.97 Å². The Hall–Kier alpha value is -0.570. The fourth-order valence-electron chi connectivity index (χ4n) is 1.36. The van der Waals surface area contributed by atoms with Crippen LogP contribution in [0.15, 0.2) is 0 Å². The summed E-state index contributed by atoms with van der Waals surface area (Å²) in [5, 5.41) is 8.65. The summed E-state index contributed by atoms with van der Waals surface area (Å²) in [5.74, 6) is -1.12. The van der Waals surface area contributed by atoms with Gasteiger partial charge in [-0.15, -0.1) is 0 Å². The van der Waals surface area contributed by atoms with Crippen LogP contribution in [-0.4, -0.2) is 23.3 Å². The van der Waals surface area contributed by atoms with Gasteiger partial charge in [0.1, 0.15) is 0 Å². The first kappa shape index (κ1) is 8.53. The molecule has 11 heavy (non-hydrogen) atoms. The van der Waals surface area contributed by atoms with E-state index < -0.39 is 5.97 Å². The zero-order valence-electron chi connectivity index (χ0n) is 6.91. The van der Waals surface area contributed by atoms with Gasteiger partial charge in [0.15, 0.2) is 0 Å². The van der Waals surface area contributed by atoms with Crippen molar-refractivity contribution >= 4 is 5.97 Å². The molecular formula is C8H14O3. The molecule has 1 aliphatic rings. The van der Waals surface area contributed by atoms with Gasteiger partial charge in [-0.2, -0.15) is 0 Å². The zero-order chi connectivity index (χ0) is 8.43. The van der Waals surface area contributed by atoms with E-state index >= 15 is 0 Å². The highest BCUT2D eigenvalue weighted by atomic mass is 16.5. The highest BCUT2D eigenvalue weighted by molar-refractivity contribution is 5.70. The highest BCUT2D eigenvalue weighted by Gasteiger charge is 2.30. The van der Waals surface area contributed by atoms with Gasteiger partial charge in [-0.1, -0.05) is 0 Å². The molecule has 64 valence electrons. The molecule has 3 atom stereocenters. The number of aliphatic carboxylic acids is 1. The maximum atomic E-state index is 10.5. The predicted molar refractivity (Wildman–Crippen MR) is 40.4 cm³/mol. The first-order valence-electron chi connectivity index (χ1n) is 3.99. The quantitative estimate of drug-likeness (QED) is 0.658. The average Bonchev–Trinajstić information content (AvgIpc) is 2.34. The number of rotatable bonds is 2. The Kier molecular flexibility index (Phi) is 2.49. The molecule has 0 bridgehead atoms. The summed E-state index contributed by atoms with van der Waals surface area (Å²) in [4.78, 5) is 10.5. The lowest BCUT2D eigenvalue weighted by Crippen LogP contribution is -2.25. The van der Waals surface area contributed by atoms with E-state index in [-0.39, 0.29) is 18.1 Å². The molecule has 1 rings (SSSR count). The Morgan fingerprint density at radius 1 is 1.64 bits per heavy atom. The molecule has 1 saturated heterocycles. The van der Waals surface area contributed by atoms with Gasteiger partial charge in [-0.05, 0) is 26.7 Å². The molecule has 0 aromatic heterocycles. The van der Waals surface area contributed by atoms with E-state index in [1.807, 2.05) is 6.92 Å². The molecule has 0 aromatic rings. The van der Waals surface area contributed by atoms with E-state index in [4.69, 9.17) is 9.84 Å². The van der Waals surface area contributed by atoms with E-state index in [2.05, 4.69) is 0 Å². The average molecular weight is 158 g/mol. The van der Waals surface area contributed by atoms with Crippen molar-refractivity contribution in [2.75, 3.05) is 0 Å². The first-order chi connectivity index (χ1) is 5.11. The molecule has 0 amide bonds. The number of carbonyl (C=O) groups is 1. The van der Waals surface area contributed by atoms with Crippen molar-refractivity contribution < 1.29 is 14.6 Å². The van der Waals surface area contributed by atoms with Crippen LogP contribution in [0, 0.1) is 5.92 Å². The molecule has 3 nitrogen and oxygen atoms in total. The summed E-state index contributed by atoms with van der Waals surface area (Å²) in [5.41, 5.74) is 0. The number of hydrogen-bond acceptors (Lipinski definition) is 2. The van der Waals surface area contributed by atoms with Crippen LogP contribution < -0.4 is 0 Å². The second kappa shape index (κ2) is 3.22. The maximum absolute atomic E-state index is 10.5. The van der Waals surface area contributed by atoms with Crippen molar-refractivity contribution in [1.82, 2.24) is 0 Å². The topological polar surface area (TPSA) is 46.5 Å². The lowest BCUT2D eigenvalue weighted by molar-refractivity contribution is -0.145. The molecule has 1 aliphatic heterocycles. The summed E-state index contributed by atoms with van der Waals surface area (Å²) in [6, 6.07) is 0. The van der Waals surface area contributed by atoms with Crippen LogP contribution in [0.2, 0.25) is 0 Å². The van der Waals surface area contributed by atoms with E-state index in [0.717, 1.165) is 12.8 Å². The minimum Gasteiger partial charge on any atom is -0.481 e. The molecular weight excluding hydrogens is 144 g/mol. The number of hydrogen-bond donors (Lipinski definition) is 1. The maximum Gasteiger partial charge on any atom is 0.308 e. The van der Waals surface area contributed by atoms with E-state index in [1.165, 1.54) is 0 Å². The van der Waals surface area contributed by atoms with E-state index in [9.17, 15) is 4.79 Å². The van der Waals surface area contributed by atoms with Crippen LogP contribution in [0.3, 0.4) is 0 Å². The van der Waals surface area contributed by atoms with Crippen molar-refractivity contribution in [3.8, 4) is 0 Å². The largest absolute Gasteiger partial charge is 0.481 e. The highest BCUT2D eigenvalue weighted by Crippen LogP contribution is 2.24. The SMILES string of the molecule is C[C@@H]1CC[C@H]([C@@H](C)C(=O)O)O1. The third-order valence-corrected chi connectivity index (χ3v) is 2.21. The fraction of sp³-hybridized carbons (Fsp3) is 0.875. The Morgan fingerprint density at radius 2 is 2.27 bits per heavy atom. The molecule has 0 radical (unpaired) electrons. The Balaban J connectivity index is 2.43. The monoisotopic (exact) mass is 158 g/mol. The lowest BCUT2D eigenvalue weighted by atomic mass is 10.0. The molecule has 3 heteroatoms. The predicted octanol–water partition coefficient (Wildman–Crippen LogP) is 1.27. The van der Waals surface area contributed by atoms with Crippen molar-refractivity contribution in [3.63, 3.8) is 0 Å². The Bertz CT molecular complexity index is 155. The molecule has 1 fully saturated rings. The van der Waals surface area contributed by atoms with Gasteiger partial charge in [-0.3, -0.25) is 4.79 Å². The second-order valence-corrected chi connectivity index (χ2v) is 3.19. The lowest BCUT2D eigenvalue weighted by Gasteiger charge is -2.14. The third-order valence-electron chi connectivity index (χ3n) is 2.21. The minimum absolute atomic E-state index is 0.0671. The van der Waals surface area contributed by atoms with Crippen LogP contribution in [-0.2, 0) is 9.53 Å². The van der Waals surface area contributed by atoms with Crippen LogP contribution in [0.4, 0.5) is 0 Å². The number of carboxylic acids is 1. The molecule has 1 N–H and O–H groups in total. The van der Waals surface area contributed by atoms with Crippen molar-refractivity contribution in [2.45, 2.75) is 38.9 Å². The van der Waals surface area contributed by atoms with Crippen LogP contribution in [0.5, 0.6) is 0 Å². The Labute approximate surface area is 66.4 Å². The summed E-state index contributed by atoms with van der Waals surface area (Å²) < 4.78 is 5.40. The van der Waals surface area contributed by atoms with Gasteiger partial charge in [-0.25, -0.2) is 0 Å². The van der Waals surface area contributed by atoms with E-state index in [1.54, 1.807) is 6.92 Å². The molecule has 0 unspecified atom stereocenters. The van der Waals surface area contributed by atoms with Crippen LogP contribution >= 0.6 is 0 Å². The van der Waals surface area contributed by atoms with Gasteiger partial charge < -0.3 is 9.84 Å². The standard InChI is InChI=1S/C8H14O3/c1-5-3-4-7(11-5)6(2)8(9)10/h5-7H,3-4H2,1-2H3,(H,9,10)/t5-,6-,7-/m1/s1. The van der Waals surface area contributed by atoms with Crippen molar-refractivity contribution in [1.29, 1.82) is 0 Å². The minimum atomic E-state index is -0.760. The van der Waals surface area contributed by atoms with Crippen LogP contribution in [0.25, 0.3) is 0 Å². The molecule has 0 aliphatic carbocycles. The molecule has 1 heterocycles. The molecule has 0 spiro atoms. The third kappa shape index (κ3) is 1.93. The normalized spacial score (nSPS) is 33.6. The molecule has 0 aromatic carbocycles. The zero-order valence-corrected chi connectivity index (χ0v) is 6.91.